The van der Waals surface area contributed by atoms with Crippen molar-refractivity contribution >= 4 is 0 Å². The summed E-state index contributed by atoms with van der Waals surface area (Å²) in [7, 11) is 0. The fourth-order valence-corrected chi connectivity index (χ4v) is 2.92. The Morgan fingerprint density at radius 1 is 1.26 bits per heavy atom. The zero-order valence-electron chi connectivity index (χ0n) is 15.5. The van der Waals surface area contributed by atoms with Gasteiger partial charge in [0.1, 0.15) is 0 Å². The number of allylic oxidation sites excluding steroid dienone is 2. The summed E-state index contributed by atoms with van der Waals surface area (Å²) in [6, 6.07) is 0. The van der Waals surface area contributed by atoms with Crippen molar-refractivity contribution in [2.75, 3.05) is 13.2 Å². The fraction of sp³-hybridized carbons (Fsp3) is 0.800. The molecule has 0 bridgehead atoms. The van der Waals surface area contributed by atoms with Gasteiger partial charge in [-0.25, -0.2) is 0 Å². The molecule has 0 spiro atoms. The normalized spacial score (nSPS) is 21.8. The van der Waals surface area contributed by atoms with E-state index in [4.69, 9.17) is 9.47 Å². The predicted molar refractivity (Wildman–Crippen MR) is 96.4 cm³/mol. The van der Waals surface area contributed by atoms with Crippen LogP contribution in [0.1, 0.15) is 72.6 Å². The lowest BCUT2D eigenvalue weighted by Crippen LogP contribution is -2.22. The topological polar surface area (TPSA) is 38.7 Å². The third-order valence-corrected chi connectivity index (χ3v) is 4.30. The van der Waals surface area contributed by atoms with E-state index in [1.54, 1.807) is 0 Å². The first-order chi connectivity index (χ1) is 11.0. The Balaban J connectivity index is 2.17. The van der Waals surface area contributed by atoms with Gasteiger partial charge in [-0.05, 0) is 71.6 Å². The van der Waals surface area contributed by atoms with Crippen LogP contribution in [0.3, 0.4) is 0 Å². The van der Waals surface area contributed by atoms with Gasteiger partial charge in [0.15, 0.2) is 6.29 Å². The molecular weight excluding hydrogens is 288 g/mol. The van der Waals surface area contributed by atoms with Gasteiger partial charge in [0, 0.05) is 6.61 Å². The van der Waals surface area contributed by atoms with Gasteiger partial charge < -0.3 is 14.6 Å². The van der Waals surface area contributed by atoms with E-state index < -0.39 is 0 Å². The van der Waals surface area contributed by atoms with Crippen LogP contribution in [-0.2, 0) is 9.47 Å². The standard InChI is InChI=1S/C20H36O3/c1-16(2)8-7-9-17(3)14-19(21)15-18(4)11-13-23-20-10-5-6-12-22-20/h8,11,17,19-21H,5-7,9-10,12-15H2,1-4H3/b18-11+/t17-,19-,20?/m0/s1. The second-order valence-electron chi connectivity index (χ2n) is 7.24. The Kier molecular flexibility index (Phi) is 10.5. The lowest BCUT2D eigenvalue weighted by molar-refractivity contribution is -0.155. The molecule has 1 saturated heterocycles. The van der Waals surface area contributed by atoms with Gasteiger partial charge in [-0.15, -0.1) is 0 Å². The third kappa shape index (κ3) is 10.7. The van der Waals surface area contributed by atoms with Crippen LogP contribution in [0.5, 0.6) is 0 Å². The summed E-state index contributed by atoms with van der Waals surface area (Å²) in [5.74, 6) is 0.556. The molecule has 0 aromatic heterocycles. The van der Waals surface area contributed by atoms with Crippen molar-refractivity contribution in [3.63, 3.8) is 0 Å². The van der Waals surface area contributed by atoms with Crippen LogP contribution in [0, 0.1) is 5.92 Å². The maximum atomic E-state index is 10.2. The molecule has 1 aliphatic rings. The first-order valence-electron chi connectivity index (χ1n) is 9.17. The summed E-state index contributed by atoms with van der Waals surface area (Å²) in [5, 5.41) is 10.2. The number of ether oxygens (including phenoxy) is 2. The van der Waals surface area contributed by atoms with Gasteiger partial charge in [-0.1, -0.05) is 30.2 Å². The van der Waals surface area contributed by atoms with E-state index in [1.165, 1.54) is 17.6 Å². The number of aliphatic hydroxyl groups excluding tert-OH is 1. The third-order valence-electron chi connectivity index (χ3n) is 4.30. The minimum absolute atomic E-state index is 0.0344. The second kappa shape index (κ2) is 11.8. The molecule has 3 atom stereocenters. The lowest BCUT2D eigenvalue weighted by atomic mass is 9.95. The zero-order chi connectivity index (χ0) is 17.1. The summed E-state index contributed by atoms with van der Waals surface area (Å²) in [5.41, 5.74) is 2.57. The average molecular weight is 325 g/mol. The van der Waals surface area contributed by atoms with Gasteiger partial charge in [0.2, 0.25) is 0 Å². The van der Waals surface area contributed by atoms with Crippen LogP contribution in [0.4, 0.5) is 0 Å². The molecule has 1 rings (SSSR count). The highest BCUT2D eigenvalue weighted by Gasteiger charge is 2.13. The largest absolute Gasteiger partial charge is 0.393 e. The molecule has 1 unspecified atom stereocenters. The van der Waals surface area contributed by atoms with Crippen molar-refractivity contribution in [3.05, 3.63) is 23.3 Å². The van der Waals surface area contributed by atoms with Crippen LogP contribution in [0.15, 0.2) is 23.3 Å². The maximum Gasteiger partial charge on any atom is 0.157 e. The molecule has 1 fully saturated rings. The van der Waals surface area contributed by atoms with Gasteiger partial charge in [-0.3, -0.25) is 0 Å². The monoisotopic (exact) mass is 324 g/mol. The van der Waals surface area contributed by atoms with Gasteiger partial charge in [-0.2, -0.15) is 0 Å². The van der Waals surface area contributed by atoms with Crippen molar-refractivity contribution in [2.24, 2.45) is 5.92 Å². The maximum absolute atomic E-state index is 10.2. The highest BCUT2D eigenvalue weighted by Crippen LogP contribution is 2.18. The van der Waals surface area contributed by atoms with E-state index in [1.807, 2.05) is 0 Å². The minimum atomic E-state index is -0.251. The van der Waals surface area contributed by atoms with Crippen molar-refractivity contribution < 1.29 is 14.6 Å². The summed E-state index contributed by atoms with van der Waals surface area (Å²) in [4.78, 5) is 0. The summed E-state index contributed by atoms with van der Waals surface area (Å²) >= 11 is 0. The molecule has 1 aliphatic heterocycles. The van der Waals surface area contributed by atoms with Gasteiger partial charge in [0.25, 0.3) is 0 Å². The van der Waals surface area contributed by atoms with Crippen LogP contribution in [0.2, 0.25) is 0 Å². The molecule has 1 heterocycles. The molecule has 0 radical (unpaired) electrons. The summed E-state index contributed by atoms with van der Waals surface area (Å²) in [6.45, 7) is 9.96. The molecule has 3 heteroatoms. The number of aliphatic hydroxyl groups is 1. The highest BCUT2D eigenvalue weighted by atomic mass is 16.7. The van der Waals surface area contributed by atoms with Crippen molar-refractivity contribution in [1.29, 1.82) is 0 Å². The average Bonchev–Trinajstić information content (AvgIpc) is 2.47. The van der Waals surface area contributed by atoms with Crippen LogP contribution in [0.25, 0.3) is 0 Å². The Labute approximate surface area is 142 Å². The van der Waals surface area contributed by atoms with Crippen LogP contribution < -0.4 is 0 Å². The molecule has 0 aromatic rings. The predicted octanol–water partition coefficient (Wildman–Crippen LogP) is 5.00. The minimum Gasteiger partial charge on any atom is -0.393 e. The Morgan fingerprint density at radius 3 is 2.70 bits per heavy atom. The lowest BCUT2D eigenvalue weighted by Gasteiger charge is -2.22. The first kappa shape index (κ1) is 20.4. The van der Waals surface area contributed by atoms with Crippen LogP contribution >= 0.6 is 0 Å². The van der Waals surface area contributed by atoms with Crippen molar-refractivity contribution in [3.8, 4) is 0 Å². The number of hydrogen-bond acceptors (Lipinski definition) is 3. The molecule has 0 aromatic carbocycles. The molecule has 3 nitrogen and oxygen atoms in total. The molecule has 134 valence electrons. The Morgan fingerprint density at radius 2 is 2.04 bits per heavy atom. The summed E-state index contributed by atoms with van der Waals surface area (Å²) in [6.07, 6.45) is 11.3. The van der Waals surface area contributed by atoms with Crippen LogP contribution in [-0.4, -0.2) is 30.7 Å². The quantitative estimate of drug-likeness (QED) is 0.575. The van der Waals surface area contributed by atoms with Crippen molar-refractivity contribution in [2.45, 2.75) is 85.0 Å². The Bertz CT molecular complexity index is 363. The van der Waals surface area contributed by atoms with E-state index >= 15 is 0 Å². The van der Waals surface area contributed by atoms with E-state index in [2.05, 4.69) is 39.8 Å². The molecule has 23 heavy (non-hydrogen) atoms. The van der Waals surface area contributed by atoms with E-state index in [0.717, 1.165) is 45.1 Å². The molecule has 0 amide bonds. The molecule has 0 aliphatic carbocycles. The first-order valence-corrected chi connectivity index (χ1v) is 9.17. The molecular formula is C20H36O3. The number of rotatable bonds is 10. The molecule has 0 saturated carbocycles. The van der Waals surface area contributed by atoms with E-state index in [0.29, 0.717) is 12.5 Å². The van der Waals surface area contributed by atoms with E-state index in [-0.39, 0.29) is 12.4 Å². The fourth-order valence-electron chi connectivity index (χ4n) is 2.92. The summed E-state index contributed by atoms with van der Waals surface area (Å²) < 4.78 is 11.2. The number of hydrogen-bond donors (Lipinski definition) is 1. The van der Waals surface area contributed by atoms with Gasteiger partial charge in [0.05, 0.1) is 12.7 Å². The Hall–Kier alpha value is -0.640. The zero-order valence-corrected chi connectivity index (χ0v) is 15.5. The van der Waals surface area contributed by atoms with Gasteiger partial charge >= 0.3 is 0 Å². The smallest absolute Gasteiger partial charge is 0.157 e. The van der Waals surface area contributed by atoms with E-state index in [9.17, 15) is 5.11 Å². The molecule has 1 N–H and O–H groups in total. The SMILES string of the molecule is CC(C)=CCC[C@H](C)C[C@H](O)C/C(C)=C/COC1CCCCO1. The van der Waals surface area contributed by atoms with Crippen molar-refractivity contribution in [1.82, 2.24) is 0 Å². The second-order valence-corrected chi connectivity index (χ2v) is 7.24. The highest BCUT2D eigenvalue weighted by molar-refractivity contribution is 5.00.